The molecule has 0 spiro atoms. The Bertz CT molecular complexity index is 1180. The van der Waals surface area contributed by atoms with E-state index in [2.05, 4.69) is 5.32 Å². The number of urea groups is 1. The second kappa shape index (κ2) is 7.63. The number of non-ortho nitro benzene ring substituents is 1. The number of nitro benzene ring substituents is 1. The predicted molar refractivity (Wildman–Crippen MR) is 104 cm³/mol. The first-order valence-electron chi connectivity index (χ1n) is 8.84. The highest BCUT2D eigenvalue weighted by Crippen LogP contribution is 2.25. The molecule has 0 saturated carbocycles. The van der Waals surface area contributed by atoms with Crippen LogP contribution in [0, 0.1) is 15.9 Å². The number of nitro groups is 1. The molecule has 1 aliphatic heterocycles. The molecule has 4 rings (SSSR count). The monoisotopic (exact) mass is 407 g/mol. The van der Waals surface area contributed by atoms with Gasteiger partial charge in [-0.05, 0) is 29.8 Å². The fourth-order valence-electron chi connectivity index (χ4n) is 2.99. The maximum absolute atomic E-state index is 13.4. The minimum absolute atomic E-state index is 0.0297. The van der Waals surface area contributed by atoms with Crippen molar-refractivity contribution in [3.05, 3.63) is 93.6 Å². The number of amides is 3. The van der Waals surface area contributed by atoms with E-state index < -0.39 is 22.7 Å². The highest BCUT2D eigenvalue weighted by molar-refractivity contribution is 6.13. The summed E-state index contributed by atoms with van der Waals surface area (Å²) in [5.74, 6) is -0.220. The summed E-state index contributed by atoms with van der Waals surface area (Å²) in [6.07, 6.45) is 1.39. The number of carbonyl (C=O) groups excluding carboxylic acids is 2. The Hall–Kier alpha value is -4.27. The van der Waals surface area contributed by atoms with Gasteiger partial charge in [-0.2, -0.15) is 0 Å². The number of nitrogens with one attached hydrogen (secondary N) is 1. The van der Waals surface area contributed by atoms with Crippen LogP contribution in [0.1, 0.15) is 11.3 Å². The van der Waals surface area contributed by atoms with Crippen LogP contribution in [0.15, 0.2) is 70.8 Å². The number of hydrogen-bond donors (Lipinski definition) is 1. The highest BCUT2D eigenvalue weighted by atomic mass is 19.1. The van der Waals surface area contributed by atoms with Crippen LogP contribution in [-0.4, -0.2) is 21.8 Å². The van der Waals surface area contributed by atoms with Crippen LogP contribution in [0.3, 0.4) is 0 Å². The van der Waals surface area contributed by atoms with Crippen LogP contribution in [0.25, 0.3) is 17.4 Å². The minimum atomic E-state index is -0.610. The van der Waals surface area contributed by atoms with Crippen molar-refractivity contribution in [1.82, 2.24) is 10.2 Å². The second-order valence-electron chi connectivity index (χ2n) is 6.52. The van der Waals surface area contributed by atoms with Gasteiger partial charge in [0.15, 0.2) is 0 Å². The zero-order chi connectivity index (χ0) is 21.3. The quantitative estimate of drug-likeness (QED) is 0.297. The molecule has 0 bridgehead atoms. The number of nitrogens with zero attached hydrogens (tertiary/aromatic N) is 2. The molecule has 150 valence electrons. The third-order valence-electron chi connectivity index (χ3n) is 4.47. The summed E-state index contributed by atoms with van der Waals surface area (Å²) in [4.78, 5) is 36.0. The molecule has 1 aliphatic rings. The zero-order valence-electron chi connectivity index (χ0n) is 15.4. The van der Waals surface area contributed by atoms with E-state index in [1.54, 1.807) is 24.3 Å². The Labute approximate surface area is 169 Å². The average molecular weight is 407 g/mol. The number of rotatable bonds is 5. The molecule has 2 heterocycles. The van der Waals surface area contributed by atoms with E-state index in [0.717, 1.165) is 4.90 Å². The van der Waals surface area contributed by atoms with Crippen molar-refractivity contribution in [2.45, 2.75) is 6.54 Å². The Kier molecular flexibility index (Phi) is 4.85. The van der Waals surface area contributed by atoms with E-state index in [1.165, 1.54) is 42.5 Å². The van der Waals surface area contributed by atoms with Crippen LogP contribution in [0.5, 0.6) is 0 Å². The molecular weight excluding hydrogens is 393 g/mol. The van der Waals surface area contributed by atoms with Gasteiger partial charge >= 0.3 is 6.03 Å². The smallest absolute Gasteiger partial charge is 0.329 e. The summed E-state index contributed by atoms with van der Waals surface area (Å²) in [5, 5.41) is 13.2. The predicted octanol–water partition coefficient (Wildman–Crippen LogP) is 4.09. The molecule has 30 heavy (non-hydrogen) atoms. The van der Waals surface area contributed by atoms with Crippen LogP contribution < -0.4 is 5.32 Å². The number of hydrogen-bond acceptors (Lipinski definition) is 5. The fourth-order valence-corrected chi connectivity index (χ4v) is 2.99. The van der Waals surface area contributed by atoms with Crippen LogP contribution in [-0.2, 0) is 11.3 Å². The van der Waals surface area contributed by atoms with E-state index in [-0.39, 0.29) is 17.9 Å². The van der Waals surface area contributed by atoms with Crippen molar-refractivity contribution in [3.63, 3.8) is 0 Å². The summed E-state index contributed by atoms with van der Waals surface area (Å²) < 4.78 is 19.0. The van der Waals surface area contributed by atoms with Crippen LogP contribution in [0.4, 0.5) is 14.9 Å². The molecule has 0 atom stereocenters. The molecule has 3 amide bonds. The maximum atomic E-state index is 13.4. The van der Waals surface area contributed by atoms with Gasteiger partial charge in [-0.25, -0.2) is 9.18 Å². The normalized spacial score (nSPS) is 15.0. The van der Waals surface area contributed by atoms with Crippen molar-refractivity contribution in [1.29, 1.82) is 0 Å². The minimum Gasteiger partial charge on any atom is -0.457 e. The van der Waals surface area contributed by atoms with Crippen molar-refractivity contribution < 1.29 is 23.3 Å². The van der Waals surface area contributed by atoms with Crippen LogP contribution in [0.2, 0.25) is 0 Å². The molecular formula is C21H14FN3O5. The lowest BCUT2D eigenvalue weighted by Gasteiger charge is -2.11. The van der Waals surface area contributed by atoms with Gasteiger partial charge in [0.2, 0.25) is 0 Å². The molecule has 0 unspecified atom stereocenters. The molecule has 0 radical (unpaired) electrons. The lowest BCUT2D eigenvalue weighted by molar-refractivity contribution is -0.384. The van der Waals surface area contributed by atoms with E-state index in [1.807, 2.05) is 0 Å². The number of carbonyl (C=O) groups is 2. The van der Waals surface area contributed by atoms with Gasteiger partial charge in [0.1, 0.15) is 23.0 Å². The van der Waals surface area contributed by atoms with Crippen LogP contribution >= 0.6 is 0 Å². The van der Waals surface area contributed by atoms with Gasteiger partial charge in [0.25, 0.3) is 11.6 Å². The summed E-state index contributed by atoms with van der Waals surface area (Å²) >= 11 is 0. The molecule has 8 nitrogen and oxygen atoms in total. The summed E-state index contributed by atoms with van der Waals surface area (Å²) in [6, 6.07) is 14.1. The van der Waals surface area contributed by atoms with Gasteiger partial charge in [0.05, 0.1) is 11.5 Å². The molecule has 0 aliphatic carbocycles. The number of halogens is 1. The third kappa shape index (κ3) is 3.81. The summed E-state index contributed by atoms with van der Waals surface area (Å²) in [7, 11) is 0. The van der Waals surface area contributed by atoms with E-state index >= 15 is 0 Å². The summed E-state index contributed by atoms with van der Waals surface area (Å²) in [6.45, 7) is -0.0350. The molecule has 1 N–H and O–H groups in total. The van der Waals surface area contributed by atoms with E-state index in [9.17, 15) is 24.1 Å². The molecule has 3 aromatic rings. The van der Waals surface area contributed by atoms with Gasteiger partial charge in [0, 0.05) is 23.8 Å². The van der Waals surface area contributed by atoms with Crippen molar-refractivity contribution in [3.8, 4) is 11.3 Å². The summed E-state index contributed by atoms with van der Waals surface area (Å²) in [5.41, 5.74) is 1.06. The van der Waals surface area contributed by atoms with E-state index in [0.29, 0.717) is 22.6 Å². The Morgan fingerprint density at radius 3 is 2.57 bits per heavy atom. The fraction of sp³-hybridized carbons (Fsp3) is 0.0476. The van der Waals surface area contributed by atoms with Gasteiger partial charge in [-0.1, -0.05) is 24.3 Å². The topological polar surface area (TPSA) is 106 Å². The Balaban J connectivity index is 1.51. The first kappa shape index (κ1) is 19.1. The molecule has 1 aromatic heterocycles. The van der Waals surface area contributed by atoms with Crippen molar-refractivity contribution in [2.75, 3.05) is 0 Å². The SMILES string of the molecule is O=C1N/C(=C\c2ccc(-c3cccc(F)c3)o2)C(=O)N1Cc1ccc([N+](=O)[O-])cc1. The van der Waals surface area contributed by atoms with Gasteiger partial charge in [-0.15, -0.1) is 0 Å². The van der Waals surface area contributed by atoms with Gasteiger partial charge in [-0.3, -0.25) is 19.8 Å². The number of benzene rings is 2. The molecule has 2 aromatic carbocycles. The largest absolute Gasteiger partial charge is 0.457 e. The average Bonchev–Trinajstić information content (AvgIpc) is 3.29. The number of imide groups is 1. The Morgan fingerprint density at radius 2 is 1.87 bits per heavy atom. The highest BCUT2D eigenvalue weighted by Gasteiger charge is 2.33. The first-order chi connectivity index (χ1) is 14.4. The zero-order valence-corrected chi connectivity index (χ0v) is 15.4. The molecule has 1 fully saturated rings. The maximum Gasteiger partial charge on any atom is 0.329 e. The lowest BCUT2D eigenvalue weighted by atomic mass is 10.2. The third-order valence-corrected chi connectivity index (χ3v) is 4.47. The van der Waals surface area contributed by atoms with Crippen molar-refractivity contribution >= 4 is 23.7 Å². The molecule has 1 saturated heterocycles. The second-order valence-corrected chi connectivity index (χ2v) is 6.52. The number of furan rings is 1. The van der Waals surface area contributed by atoms with Gasteiger partial charge < -0.3 is 9.73 Å². The van der Waals surface area contributed by atoms with Crippen molar-refractivity contribution in [2.24, 2.45) is 0 Å². The first-order valence-corrected chi connectivity index (χ1v) is 8.84. The Morgan fingerprint density at radius 1 is 1.10 bits per heavy atom. The van der Waals surface area contributed by atoms with E-state index in [4.69, 9.17) is 4.42 Å². The standard InChI is InChI=1S/C21H14FN3O5/c22-15-3-1-2-14(10-15)19-9-8-17(30-19)11-18-20(26)24(21(27)23-18)12-13-4-6-16(7-5-13)25(28)29/h1-11H,12H2,(H,23,27)/b18-11-. The molecule has 9 heteroatoms. The lowest BCUT2D eigenvalue weighted by Crippen LogP contribution is -2.30.